The zero-order valence-electron chi connectivity index (χ0n) is 12.9. The molecule has 0 radical (unpaired) electrons. The predicted octanol–water partition coefficient (Wildman–Crippen LogP) is 2.69. The number of ether oxygens (including phenoxy) is 2. The number of hydrogen-bond acceptors (Lipinski definition) is 6. The SMILES string of the molecule is CC.COc1cc(OC)cc(-c2nc(SCC(=O)O)n[nH]2)c1. The number of aromatic amines is 1. The monoisotopic (exact) mass is 325 g/mol. The molecular formula is C14H19N3O4S. The van der Waals surface area contributed by atoms with Crippen LogP contribution in [0.4, 0.5) is 0 Å². The van der Waals surface area contributed by atoms with Crippen molar-refractivity contribution in [2.75, 3.05) is 20.0 Å². The van der Waals surface area contributed by atoms with E-state index >= 15 is 0 Å². The number of benzene rings is 1. The van der Waals surface area contributed by atoms with Gasteiger partial charge in [0.15, 0.2) is 5.82 Å². The van der Waals surface area contributed by atoms with Crippen LogP contribution >= 0.6 is 11.8 Å². The fraction of sp³-hybridized carbons (Fsp3) is 0.357. The fourth-order valence-electron chi connectivity index (χ4n) is 1.51. The second-order valence-electron chi connectivity index (χ2n) is 3.75. The number of aliphatic carboxylic acids is 1. The molecule has 22 heavy (non-hydrogen) atoms. The van der Waals surface area contributed by atoms with E-state index in [4.69, 9.17) is 14.6 Å². The molecule has 8 heteroatoms. The molecule has 1 aromatic carbocycles. The standard InChI is InChI=1S/C12H13N3O4S.C2H6/c1-18-8-3-7(4-9(5-8)19-2)11-13-12(15-14-11)20-6-10(16)17;1-2/h3-5H,6H2,1-2H3,(H,16,17)(H,13,14,15);1-2H3. The van der Waals surface area contributed by atoms with Gasteiger partial charge in [0.1, 0.15) is 11.5 Å². The van der Waals surface area contributed by atoms with E-state index in [0.717, 1.165) is 17.3 Å². The van der Waals surface area contributed by atoms with Crippen molar-refractivity contribution in [3.63, 3.8) is 0 Å². The van der Waals surface area contributed by atoms with Crippen LogP contribution in [0.2, 0.25) is 0 Å². The number of hydrogen-bond donors (Lipinski definition) is 2. The number of carbonyl (C=O) groups is 1. The largest absolute Gasteiger partial charge is 0.497 e. The van der Waals surface area contributed by atoms with Crippen LogP contribution in [0.25, 0.3) is 11.4 Å². The first kappa shape index (κ1) is 17.8. The minimum absolute atomic E-state index is 0.0846. The summed E-state index contributed by atoms with van der Waals surface area (Å²) in [5.74, 6) is 0.795. The molecule has 0 fully saturated rings. The highest BCUT2D eigenvalue weighted by Gasteiger charge is 2.10. The highest BCUT2D eigenvalue weighted by atomic mass is 32.2. The first-order valence-electron chi connectivity index (χ1n) is 6.63. The van der Waals surface area contributed by atoms with Crippen molar-refractivity contribution in [1.29, 1.82) is 0 Å². The summed E-state index contributed by atoms with van der Waals surface area (Å²) in [5, 5.41) is 15.7. The number of nitrogens with one attached hydrogen (secondary N) is 1. The number of carboxylic acid groups (broad SMARTS) is 1. The lowest BCUT2D eigenvalue weighted by molar-refractivity contribution is -0.133. The Morgan fingerprint density at radius 3 is 2.32 bits per heavy atom. The molecule has 0 spiro atoms. The number of nitrogens with zero attached hydrogens (tertiary/aromatic N) is 2. The minimum Gasteiger partial charge on any atom is -0.497 e. The van der Waals surface area contributed by atoms with Crippen LogP contribution in [0.3, 0.4) is 0 Å². The number of carboxylic acids is 1. The van der Waals surface area contributed by atoms with Crippen LogP contribution in [-0.2, 0) is 4.79 Å². The molecule has 7 nitrogen and oxygen atoms in total. The van der Waals surface area contributed by atoms with Gasteiger partial charge in [0.2, 0.25) is 5.16 Å². The van der Waals surface area contributed by atoms with Crippen LogP contribution in [0, 0.1) is 0 Å². The molecule has 0 bridgehead atoms. The highest BCUT2D eigenvalue weighted by molar-refractivity contribution is 7.99. The van der Waals surface area contributed by atoms with Gasteiger partial charge in [0, 0.05) is 11.6 Å². The molecular weight excluding hydrogens is 306 g/mol. The number of methoxy groups -OCH3 is 2. The van der Waals surface area contributed by atoms with Crippen LogP contribution in [0.1, 0.15) is 13.8 Å². The predicted molar refractivity (Wildman–Crippen MR) is 84.6 cm³/mol. The summed E-state index contributed by atoms with van der Waals surface area (Å²) < 4.78 is 10.4. The van der Waals surface area contributed by atoms with Gasteiger partial charge in [-0.05, 0) is 12.1 Å². The van der Waals surface area contributed by atoms with Gasteiger partial charge in [0.05, 0.1) is 20.0 Å². The summed E-state index contributed by atoms with van der Waals surface area (Å²) in [4.78, 5) is 14.7. The van der Waals surface area contributed by atoms with Gasteiger partial charge in [0.25, 0.3) is 0 Å². The number of rotatable bonds is 6. The molecule has 2 aromatic rings. The zero-order chi connectivity index (χ0) is 16.5. The molecule has 1 aromatic heterocycles. The van der Waals surface area contributed by atoms with Crippen molar-refractivity contribution in [3.8, 4) is 22.9 Å². The molecule has 0 saturated carbocycles. The van der Waals surface area contributed by atoms with E-state index in [1.807, 2.05) is 13.8 Å². The molecule has 0 saturated heterocycles. The summed E-state index contributed by atoms with van der Waals surface area (Å²) in [5.41, 5.74) is 0.746. The molecule has 0 aliphatic heterocycles. The fourth-order valence-corrected chi connectivity index (χ4v) is 2.03. The number of aromatic nitrogens is 3. The van der Waals surface area contributed by atoms with Crippen LogP contribution in [-0.4, -0.2) is 46.2 Å². The summed E-state index contributed by atoms with van der Waals surface area (Å²) >= 11 is 1.05. The van der Waals surface area contributed by atoms with E-state index in [1.165, 1.54) is 0 Å². The lowest BCUT2D eigenvalue weighted by Gasteiger charge is -2.06. The van der Waals surface area contributed by atoms with Crippen molar-refractivity contribution < 1.29 is 19.4 Å². The third kappa shape index (κ3) is 4.96. The lowest BCUT2D eigenvalue weighted by atomic mass is 10.2. The van der Waals surface area contributed by atoms with E-state index in [-0.39, 0.29) is 5.75 Å². The summed E-state index contributed by atoms with van der Waals surface area (Å²) in [7, 11) is 3.13. The second-order valence-corrected chi connectivity index (χ2v) is 4.69. The Bertz CT molecular complexity index is 594. The Labute approximate surface area is 133 Å². The Morgan fingerprint density at radius 2 is 1.82 bits per heavy atom. The minimum atomic E-state index is -0.913. The lowest BCUT2D eigenvalue weighted by Crippen LogP contribution is -1.97. The molecule has 0 amide bonds. The maximum atomic E-state index is 10.5. The molecule has 2 rings (SSSR count). The zero-order valence-corrected chi connectivity index (χ0v) is 13.7. The van der Waals surface area contributed by atoms with Gasteiger partial charge in [-0.3, -0.25) is 9.89 Å². The third-order valence-electron chi connectivity index (χ3n) is 2.41. The maximum Gasteiger partial charge on any atom is 0.313 e. The first-order valence-corrected chi connectivity index (χ1v) is 7.61. The Hall–Kier alpha value is -2.22. The number of H-pyrrole nitrogens is 1. The van der Waals surface area contributed by atoms with E-state index in [0.29, 0.717) is 22.5 Å². The average molecular weight is 325 g/mol. The molecule has 2 N–H and O–H groups in total. The molecule has 0 aliphatic rings. The van der Waals surface area contributed by atoms with E-state index in [1.54, 1.807) is 32.4 Å². The Kier molecular flexibility index (Phi) is 7.24. The van der Waals surface area contributed by atoms with Crippen molar-refractivity contribution in [1.82, 2.24) is 15.2 Å². The first-order chi connectivity index (χ1) is 10.6. The van der Waals surface area contributed by atoms with Crippen molar-refractivity contribution in [2.45, 2.75) is 19.0 Å². The molecule has 1 heterocycles. The normalized spacial score (nSPS) is 9.64. The van der Waals surface area contributed by atoms with Crippen LogP contribution in [0.15, 0.2) is 23.4 Å². The maximum absolute atomic E-state index is 10.5. The Balaban J connectivity index is 0.00000116. The highest BCUT2D eigenvalue weighted by Crippen LogP contribution is 2.28. The topological polar surface area (TPSA) is 97.3 Å². The van der Waals surface area contributed by atoms with Gasteiger partial charge >= 0.3 is 5.97 Å². The van der Waals surface area contributed by atoms with Gasteiger partial charge in [-0.2, -0.15) is 0 Å². The van der Waals surface area contributed by atoms with Crippen molar-refractivity contribution in [2.24, 2.45) is 0 Å². The van der Waals surface area contributed by atoms with E-state index < -0.39 is 5.97 Å². The molecule has 0 unspecified atom stereocenters. The molecule has 0 atom stereocenters. The van der Waals surface area contributed by atoms with E-state index in [9.17, 15) is 4.79 Å². The van der Waals surface area contributed by atoms with Gasteiger partial charge in [-0.25, -0.2) is 4.98 Å². The van der Waals surface area contributed by atoms with Crippen molar-refractivity contribution in [3.05, 3.63) is 18.2 Å². The number of thioether (sulfide) groups is 1. The Morgan fingerprint density at radius 1 is 1.23 bits per heavy atom. The summed E-state index contributed by atoms with van der Waals surface area (Å²) in [6.07, 6.45) is 0. The van der Waals surface area contributed by atoms with E-state index in [2.05, 4.69) is 15.2 Å². The van der Waals surface area contributed by atoms with Gasteiger partial charge < -0.3 is 14.6 Å². The van der Waals surface area contributed by atoms with Crippen LogP contribution < -0.4 is 9.47 Å². The summed E-state index contributed by atoms with van der Waals surface area (Å²) in [6.45, 7) is 4.00. The molecule has 120 valence electrons. The average Bonchev–Trinajstić information content (AvgIpc) is 3.03. The smallest absolute Gasteiger partial charge is 0.313 e. The third-order valence-corrected chi connectivity index (χ3v) is 3.25. The molecule has 0 aliphatic carbocycles. The van der Waals surface area contributed by atoms with Crippen LogP contribution in [0.5, 0.6) is 11.5 Å². The summed E-state index contributed by atoms with van der Waals surface area (Å²) in [6, 6.07) is 5.32. The quantitative estimate of drug-likeness (QED) is 0.788. The van der Waals surface area contributed by atoms with Gasteiger partial charge in [-0.1, -0.05) is 25.6 Å². The van der Waals surface area contributed by atoms with Crippen molar-refractivity contribution >= 4 is 17.7 Å². The second kappa shape index (κ2) is 8.93. The van der Waals surface area contributed by atoms with Gasteiger partial charge in [-0.15, -0.1) is 5.10 Å².